The van der Waals surface area contributed by atoms with Gasteiger partial charge in [0.25, 0.3) is 5.91 Å². The summed E-state index contributed by atoms with van der Waals surface area (Å²) < 4.78 is 6.84. The van der Waals surface area contributed by atoms with E-state index in [-0.39, 0.29) is 12.5 Å². The lowest BCUT2D eigenvalue weighted by Gasteiger charge is -2.10. The minimum Gasteiger partial charge on any atom is -0.467 e. The first-order chi connectivity index (χ1) is 10.6. The second-order valence-electron chi connectivity index (χ2n) is 4.98. The average molecular weight is 319 g/mol. The Morgan fingerprint density at radius 3 is 2.82 bits per heavy atom. The van der Waals surface area contributed by atoms with Crippen LogP contribution in [0.2, 0.25) is 5.02 Å². The van der Waals surface area contributed by atoms with Gasteiger partial charge in [0, 0.05) is 18.0 Å². The molecule has 0 aliphatic carbocycles. The molecule has 6 heteroatoms. The predicted molar refractivity (Wildman–Crippen MR) is 83.9 cm³/mol. The van der Waals surface area contributed by atoms with Gasteiger partial charge >= 0.3 is 0 Å². The predicted octanol–water partition coefficient (Wildman–Crippen LogP) is 2.89. The summed E-state index contributed by atoms with van der Waals surface area (Å²) >= 11 is 6.31. The van der Waals surface area contributed by atoms with Crippen LogP contribution >= 0.6 is 11.6 Å². The fraction of sp³-hybridized carbons (Fsp3) is 0.188. The number of aromatic nitrogens is 1. The van der Waals surface area contributed by atoms with Crippen molar-refractivity contribution in [2.45, 2.75) is 6.10 Å². The van der Waals surface area contributed by atoms with Crippen LogP contribution in [-0.4, -0.2) is 22.1 Å². The summed E-state index contributed by atoms with van der Waals surface area (Å²) in [5.41, 5.74) is 1.25. The van der Waals surface area contributed by atoms with Crippen LogP contribution in [0, 0.1) is 0 Å². The molecule has 114 valence electrons. The van der Waals surface area contributed by atoms with Gasteiger partial charge in [-0.25, -0.2) is 0 Å². The number of nitrogens with zero attached hydrogens (tertiary/aromatic N) is 1. The van der Waals surface area contributed by atoms with Crippen molar-refractivity contribution < 1.29 is 14.3 Å². The second kappa shape index (κ2) is 5.87. The number of benzene rings is 1. The van der Waals surface area contributed by atoms with Crippen LogP contribution in [0.3, 0.4) is 0 Å². The van der Waals surface area contributed by atoms with E-state index in [0.29, 0.717) is 16.5 Å². The van der Waals surface area contributed by atoms with Gasteiger partial charge in [-0.3, -0.25) is 4.79 Å². The highest BCUT2D eigenvalue weighted by atomic mass is 35.5. The molecule has 22 heavy (non-hydrogen) atoms. The molecule has 0 saturated heterocycles. The Balaban J connectivity index is 1.81. The molecule has 1 unspecified atom stereocenters. The van der Waals surface area contributed by atoms with E-state index in [1.54, 1.807) is 23.7 Å². The van der Waals surface area contributed by atoms with Gasteiger partial charge < -0.3 is 19.4 Å². The third kappa shape index (κ3) is 2.49. The fourth-order valence-corrected chi connectivity index (χ4v) is 2.83. The van der Waals surface area contributed by atoms with Crippen LogP contribution in [0.15, 0.2) is 47.1 Å². The van der Waals surface area contributed by atoms with Crippen LogP contribution in [-0.2, 0) is 7.05 Å². The molecular formula is C16H15ClN2O3. The summed E-state index contributed by atoms with van der Waals surface area (Å²) in [6, 6.07) is 10.9. The van der Waals surface area contributed by atoms with Gasteiger partial charge in [-0.1, -0.05) is 29.8 Å². The van der Waals surface area contributed by atoms with Crippen molar-refractivity contribution in [3.05, 3.63) is 59.1 Å². The summed E-state index contributed by atoms with van der Waals surface area (Å²) in [6.45, 7) is 0.0458. The molecule has 1 amide bonds. The summed E-state index contributed by atoms with van der Waals surface area (Å²) in [5.74, 6) is 0.0674. The lowest BCUT2D eigenvalue weighted by atomic mass is 10.2. The molecule has 0 fully saturated rings. The van der Waals surface area contributed by atoms with Gasteiger partial charge in [0.05, 0.1) is 17.8 Å². The Kier molecular flexibility index (Phi) is 3.92. The molecular weight excluding hydrogens is 304 g/mol. The van der Waals surface area contributed by atoms with Crippen molar-refractivity contribution in [2.24, 2.45) is 7.05 Å². The first kappa shape index (κ1) is 14.7. The number of rotatable bonds is 4. The number of aliphatic hydroxyl groups excluding tert-OH is 1. The van der Waals surface area contributed by atoms with E-state index in [4.69, 9.17) is 16.0 Å². The number of carbonyl (C=O) groups excluding carboxylic acids is 1. The first-order valence-electron chi connectivity index (χ1n) is 6.82. The molecule has 1 aromatic carbocycles. The Bertz CT molecular complexity index is 769. The zero-order chi connectivity index (χ0) is 15.7. The summed E-state index contributed by atoms with van der Waals surface area (Å²) in [6.07, 6.45) is 0.577. The quantitative estimate of drug-likeness (QED) is 0.777. The molecule has 0 bridgehead atoms. The van der Waals surface area contributed by atoms with Crippen molar-refractivity contribution in [3.8, 4) is 0 Å². The Labute approximate surface area is 132 Å². The number of aryl methyl sites for hydroxylation is 1. The van der Waals surface area contributed by atoms with Gasteiger partial charge in [-0.05, 0) is 18.2 Å². The lowest BCUT2D eigenvalue weighted by Crippen LogP contribution is -2.29. The maximum Gasteiger partial charge on any atom is 0.269 e. The van der Waals surface area contributed by atoms with Gasteiger partial charge in [0.1, 0.15) is 17.6 Å². The zero-order valence-corrected chi connectivity index (χ0v) is 12.7. The Hall–Kier alpha value is -2.24. The molecule has 2 aromatic heterocycles. The zero-order valence-electron chi connectivity index (χ0n) is 11.9. The normalized spacial score (nSPS) is 12.5. The van der Waals surface area contributed by atoms with Crippen LogP contribution in [0.25, 0.3) is 10.9 Å². The molecule has 5 nitrogen and oxygen atoms in total. The highest BCUT2D eigenvalue weighted by Gasteiger charge is 2.20. The SMILES string of the molecule is Cn1c(C(=O)NCC(O)c2ccco2)c(Cl)c2ccccc21. The molecule has 2 heterocycles. The topological polar surface area (TPSA) is 67.4 Å². The van der Waals surface area contributed by atoms with Crippen LogP contribution < -0.4 is 5.32 Å². The van der Waals surface area contributed by atoms with Crippen molar-refractivity contribution in [3.63, 3.8) is 0 Å². The summed E-state index contributed by atoms with van der Waals surface area (Å²) in [4.78, 5) is 12.4. The maximum atomic E-state index is 12.4. The van der Waals surface area contributed by atoms with Crippen molar-refractivity contribution >= 4 is 28.4 Å². The van der Waals surface area contributed by atoms with E-state index in [1.165, 1.54) is 6.26 Å². The Morgan fingerprint density at radius 2 is 2.14 bits per heavy atom. The largest absolute Gasteiger partial charge is 0.467 e. The van der Waals surface area contributed by atoms with E-state index in [1.807, 2.05) is 24.3 Å². The van der Waals surface area contributed by atoms with Crippen LogP contribution in [0.1, 0.15) is 22.4 Å². The van der Waals surface area contributed by atoms with Crippen molar-refractivity contribution in [1.29, 1.82) is 0 Å². The summed E-state index contributed by atoms with van der Waals surface area (Å²) in [7, 11) is 1.78. The number of halogens is 1. The third-order valence-electron chi connectivity index (χ3n) is 3.59. The monoisotopic (exact) mass is 318 g/mol. The number of fused-ring (bicyclic) bond motifs is 1. The van der Waals surface area contributed by atoms with Gasteiger partial charge in [-0.2, -0.15) is 0 Å². The average Bonchev–Trinajstić information content (AvgIpc) is 3.14. The molecule has 1 atom stereocenters. The first-order valence-corrected chi connectivity index (χ1v) is 7.20. The maximum absolute atomic E-state index is 12.4. The van der Waals surface area contributed by atoms with Crippen molar-refractivity contribution in [1.82, 2.24) is 9.88 Å². The van der Waals surface area contributed by atoms with E-state index in [2.05, 4.69) is 5.32 Å². The van der Waals surface area contributed by atoms with Gasteiger partial charge in [0.2, 0.25) is 0 Å². The van der Waals surface area contributed by atoms with Gasteiger partial charge in [0.15, 0.2) is 0 Å². The minimum atomic E-state index is -0.896. The number of para-hydroxylation sites is 1. The summed E-state index contributed by atoms with van der Waals surface area (Å²) in [5, 5.41) is 13.8. The number of carbonyl (C=O) groups is 1. The van der Waals surface area contributed by atoms with Crippen LogP contribution in [0.5, 0.6) is 0 Å². The van der Waals surface area contributed by atoms with Gasteiger partial charge in [-0.15, -0.1) is 0 Å². The Morgan fingerprint density at radius 1 is 1.36 bits per heavy atom. The number of hydrogen-bond donors (Lipinski definition) is 2. The highest BCUT2D eigenvalue weighted by Crippen LogP contribution is 2.29. The molecule has 3 rings (SSSR count). The molecule has 0 radical (unpaired) electrons. The molecule has 0 saturated carbocycles. The van der Waals surface area contributed by atoms with E-state index in [0.717, 1.165) is 10.9 Å². The van der Waals surface area contributed by atoms with E-state index < -0.39 is 6.10 Å². The number of furan rings is 1. The number of amides is 1. The molecule has 2 N–H and O–H groups in total. The number of hydrogen-bond acceptors (Lipinski definition) is 3. The van der Waals surface area contributed by atoms with Crippen molar-refractivity contribution in [2.75, 3.05) is 6.54 Å². The number of nitrogens with one attached hydrogen (secondary N) is 1. The molecule has 0 aliphatic heterocycles. The van der Waals surface area contributed by atoms with Crippen LogP contribution in [0.4, 0.5) is 0 Å². The third-order valence-corrected chi connectivity index (χ3v) is 3.97. The van der Waals surface area contributed by atoms with E-state index >= 15 is 0 Å². The highest BCUT2D eigenvalue weighted by molar-refractivity contribution is 6.38. The second-order valence-corrected chi connectivity index (χ2v) is 5.36. The van der Waals surface area contributed by atoms with E-state index in [9.17, 15) is 9.90 Å². The standard InChI is InChI=1S/C16H15ClN2O3/c1-19-11-6-3-2-5-10(11)14(17)15(19)16(21)18-9-12(20)13-7-4-8-22-13/h2-8,12,20H,9H2,1H3,(H,18,21). The smallest absolute Gasteiger partial charge is 0.269 e. The molecule has 0 spiro atoms. The lowest BCUT2D eigenvalue weighted by molar-refractivity contribution is 0.0894. The minimum absolute atomic E-state index is 0.0458. The number of aliphatic hydroxyl groups is 1. The molecule has 0 aliphatic rings. The molecule has 3 aromatic rings. The fourth-order valence-electron chi connectivity index (χ4n) is 2.45.